The molecule has 3 aromatic rings. The van der Waals surface area contributed by atoms with E-state index in [4.69, 9.17) is 0 Å². The lowest BCUT2D eigenvalue weighted by Gasteiger charge is -2.20. The van der Waals surface area contributed by atoms with Gasteiger partial charge < -0.3 is 20.6 Å². The van der Waals surface area contributed by atoms with Crippen LogP contribution in [0.1, 0.15) is 21.5 Å². The lowest BCUT2D eigenvalue weighted by atomic mass is 10.0. The van der Waals surface area contributed by atoms with E-state index in [1.165, 1.54) is 12.1 Å². The van der Waals surface area contributed by atoms with Crippen LogP contribution in [0.3, 0.4) is 0 Å². The van der Waals surface area contributed by atoms with Gasteiger partial charge in [0, 0.05) is 5.56 Å². The molecule has 4 N–H and O–H groups in total. The number of nitrogens with one attached hydrogen (secondary N) is 1. The van der Waals surface area contributed by atoms with E-state index in [1.807, 2.05) is 30.3 Å². The van der Waals surface area contributed by atoms with Gasteiger partial charge in [0.15, 0.2) is 11.5 Å². The Hall–Kier alpha value is -3.31. The third-order valence-electron chi connectivity index (χ3n) is 4.33. The fraction of sp³-hybridized carbons (Fsp3) is 0.136. The van der Waals surface area contributed by atoms with Gasteiger partial charge in [-0.1, -0.05) is 60.7 Å². The third kappa shape index (κ3) is 4.27. The number of ketones is 1. The minimum Gasteiger partial charge on any atom is -0.506 e. The molecule has 0 saturated carbocycles. The van der Waals surface area contributed by atoms with Crippen molar-refractivity contribution in [3.63, 3.8) is 0 Å². The van der Waals surface area contributed by atoms with Gasteiger partial charge in [0.05, 0.1) is 18.2 Å². The zero-order valence-corrected chi connectivity index (χ0v) is 14.7. The first-order chi connectivity index (χ1) is 13.1. The number of aliphatic hydroxyl groups is 1. The summed E-state index contributed by atoms with van der Waals surface area (Å²) in [4.78, 5) is 12.7. The Bertz CT molecular complexity index is 910. The van der Waals surface area contributed by atoms with Crippen LogP contribution in [0, 0.1) is 0 Å². The van der Waals surface area contributed by atoms with Crippen molar-refractivity contribution >= 4 is 11.5 Å². The van der Waals surface area contributed by atoms with Gasteiger partial charge in [-0.05, 0) is 24.1 Å². The van der Waals surface area contributed by atoms with Crippen molar-refractivity contribution in [1.29, 1.82) is 0 Å². The van der Waals surface area contributed by atoms with Crippen molar-refractivity contribution in [2.75, 3.05) is 11.9 Å². The van der Waals surface area contributed by atoms with Gasteiger partial charge in [-0.2, -0.15) is 0 Å². The number of phenolic OH excluding ortho intramolecular Hbond substituents is 2. The topological polar surface area (TPSA) is 89.8 Å². The van der Waals surface area contributed by atoms with Crippen molar-refractivity contribution in [2.45, 2.75) is 12.5 Å². The van der Waals surface area contributed by atoms with E-state index in [2.05, 4.69) is 5.32 Å². The summed E-state index contributed by atoms with van der Waals surface area (Å²) in [5.74, 6) is -0.876. The maximum Gasteiger partial charge on any atom is 0.196 e. The number of aromatic hydroxyl groups is 2. The Labute approximate surface area is 157 Å². The highest BCUT2D eigenvalue weighted by molar-refractivity contribution is 6.11. The SMILES string of the molecule is O=C(c1ccccc1)c1ccc(O)c(NC(CO)Cc2ccccc2)c1O. The number of aliphatic hydroxyl groups excluding tert-OH is 1. The fourth-order valence-electron chi connectivity index (χ4n) is 2.92. The van der Waals surface area contributed by atoms with Crippen molar-refractivity contribution in [2.24, 2.45) is 0 Å². The maximum absolute atomic E-state index is 12.7. The van der Waals surface area contributed by atoms with E-state index in [0.717, 1.165) is 5.56 Å². The fourth-order valence-corrected chi connectivity index (χ4v) is 2.92. The molecule has 5 heteroatoms. The summed E-state index contributed by atoms with van der Waals surface area (Å²) in [6.07, 6.45) is 0.493. The van der Waals surface area contributed by atoms with Gasteiger partial charge in [-0.25, -0.2) is 0 Å². The summed E-state index contributed by atoms with van der Waals surface area (Å²) in [6, 6.07) is 20.5. The molecule has 0 saturated heterocycles. The number of benzene rings is 3. The van der Waals surface area contributed by atoms with Crippen LogP contribution in [0.15, 0.2) is 72.8 Å². The van der Waals surface area contributed by atoms with Crippen molar-refractivity contribution in [1.82, 2.24) is 0 Å². The maximum atomic E-state index is 12.7. The van der Waals surface area contributed by atoms with Crippen LogP contribution in [0.2, 0.25) is 0 Å². The average molecular weight is 363 g/mol. The molecule has 0 fully saturated rings. The molecule has 0 aliphatic carbocycles. The van der Waals surface area contributed by atoms with Crippen molar-refractivity contribution < 1.29 is 20.1 Å². The Morgan fingerprint density at radius 1 is 0.889 bits per heavy atom. The van der Waals surface area contributed by atoms with Crippen LogP contribution in [-0.2, 0) is 6.42 Å². The predicted molar refractivity (Wildman–Crippen MR) is 104 cm³/mol. The smallest absolute Gasteiger partial charge is 0.196 e. The number of carbonyl (C=O) groups excluding carboxylic acids is 1. The Morgan fingerprint density at radius 3 is 2.15 bits per heavy atom. The van der Waals surface area contributed by atoms with Crippen LogP contribution < -0.4 is 5.32 Å². The molecule has 3 rings (SSSR count). The molecule has 0 radical (unpaired) electrons. The zero-order chi connectivity index (χ0) is 19.2. The molecule has 0 amide bonds. The summed E-state index contributed by atoms with van der Waals surface area (Å²) in [6.45, 7) is -0.204. The molecule has 0 bridgehead atoms. The molecular formula is C22H21NO4. The van der Waals surface area contributed by atoms with Crippen molar-refractivity contribution in [3.05, 3.63) is 89.5 Å². The molecular weight excluding hydrogens is 342 g/mol. The second-order valence-corrected chi connectivity index (χ2v) is 6.26. The summed E-state index contributed by atoms with van der Waals surface area (Å²) in [5.41, 5.74) is 1.55. The summed E-state index contributed by atoms with van der Waals surface area (Å²) in [5, 5.41) is 33.4. The molecule has 5 nitrogen and oxygen atoms in total. The quantitative estimate of drug-likeness (QED) is 0.382. The highest BCUT2D eigenvalue weighted by Crippen LogP contribution is 2.37. The van der Waals surface area contributed by atoms with Crippen LogP contribution in [-0.4, -0.2) is 33.8 Å². The molecule has 27 heavy (non-hydrogen) atoms. The molecule has 1 unspecified atom stereocenters. The second-order valence-electron chi connectivity index (χ2n) is 6.26. The minimum atomic E-state index is -0.439. The molecule has 3 aromatic carbocycles. The van der Waals surface area contributed by atoms with E-state index in [0.29, 0.717) is 12.0 Å². The molecule has 0 aliphatic rings. The second kappa shape index (κ2) is 8.38. The van der Waals surface area contributed by atoms with Gasteiger partial charge >= 0.3 is 0 Å². The summed E-state index contributed by atoms with van der Waals surface area (Å²) < 4.78 is 0. The van der Waals surface area contributed by atoms with Crippen LogP contribution >= 0.6 is 0 Å². The number of rotatable bonds is 7. The molecule has 0 aromatic heterocycles. The Kier molecular flexibility index (Phi) is 5.74. The molecule has 1 atom stereocenters. The van der Waals surface area contributed by atoms with Gasteiger partial charge in [0.2, 0.25) is 0 Å². The van der Waals surface area contributed by atoms with E-state index in [1.54, 1.807) is 30.3 Å². The molecule has 138 valence electrons. The first kappa shape index (κ1) is 18.5. The van der Waals surface area contributed by atoms with Gasteiger partial charge in [0.25, 0.3) is 0 Å². The lowest BCUT2D eigenvalue weighted by Crippen LogP contribution is -2.26. The van der Waals surface area contributed by atoms with Gasteiger partial charge in [-0.3, -0.25) is 4.79 Å². The predicted octanol–water partition coefficient (Wildman–Crippen LogP) is 3.34. The number of carbonyl (C=O) groups is 1. The minimum absolute atomic E-state index is 0.0340. The molecule has 0 heterocycles. The van der Waals surface area contributed by atoms with Gasteiger partial charge in [0.1, 0.15) is 11.4 Å². The third-order valence-corrected chi connectivity index (χ3v) is 4.33. The Morgan fingerprint density at radius 2 is 1.52 bits per heavy atom. The first-order valence-corrected chi connectivity index (χ1v) is 8.66. The lowest BCUT2D eigenvalue weighted by molar-refractivity contribution is 0.103. The number of hydrogen-bond acceptors (Lipinski definition) is 5. The van der Waals surface area contributed by atoms with E-state index in [-0.39, 0.29) is 35.1 Å². The summed E-state index contributed by atoms with van der Waals surface area (Å²) in [7, 11) is 0. The average Bonchev–Trinajstić information content (AvgIpc) is 2.71. The zero-order valence-electron chi connectivity index (χ0n) is 14.7. The normalized spacial score (nSPS) is 11.7. The van der Waals surface area contributed by atoms with E-state index >= 15 is 0 Å². The largest absolute Gasteiger partial charge is 0.506 e. The van der Waals surface area contributed by atoms with Gasteiger partial charge in [-0.15, -0.1) is 0 Å². The highest BCUT2D eigenvalue weighted by atomic mass is 16.3. The van der Waals surface area contributed by atoms with E-state index < -0.39 is 6.04 Å². The number of anilines is 1. The Balaban J connectivity index is 1.87. The number of phenols is 2. The van der Waals surface area contributed by atoms with Crippen LogP contribution in [0.5, 0.6) is 11.5 Å². The van der Waals surface area contributed by atoms with Crippen LogP contribution in [0.4, 0.5) is 5.69 Å². The highest BCUT2D eigenvalue weighted by Gasteiger charge is 2.21. The first-order valence-electron chi connectivity index (χ1n) is 8.66. The van der Waals surface area contributed by atoms with E-state index in [9.17, 15) is 20.1 Å². The summed E-state index contributed by atoms with van der Waals surface area (Å²) >= 11 is 0. The molecule has 0 spiro atoms. The number of hydrogen-bond donors (Lipinski definition) is 4. The standard InChI is InChI=1S/C22H21NO4/c24-14-17(13-15-7-3-1-4-8-15)23-20-19(25)12-11-18(22(20)27)21(26)16-9-5-2-6-10-16/h1-12,17,23-25,27H,13-14H2. The monoisotopic (exact) mass is 363 g/mol. The van der Waals surface area contributed by atoms with Crippen molar-refractivity contribution in [3.8, 4) is 11.5 Å². The molecule has 0 aliphatic heterocycles. The van der Waals surface area contributed by atoms with Crippen LogP contribution in [0.25, 0.3) is 0 Å².